The van der Waals surface area contributed by atoms with E-state index in [0.29, 0.717) is 6.73 Å². The second-order valence-electron chi connectivity index (χ2n) is 7.99. The molecule has 0 saturated carbocycles. The van der Waals surface area contributed by atoms with Crippen LogP contribution in [0.3, 0.4) is 0 Å². The van der Waals surface area contributed by atoms with Gasteiger partial charge in [-0.05, 0) is 25.2 Å². The Bertz CT molecular complexity index is 671. The van der Waals surface area contributed by atoms with Crippen molar-refractivity contribution < 1.29 is 4.74 Å². The lowest BCUT2D eigenvalue weighted by Gasteiger charge is -2.34. The van der Waals surface area contributed by atoms with Gasteiger partial charge in [0.15, 0.2) is 0 Å². The Morgan fingerprint density at radius 2 is 1.88 bits per heavy atom. The summed E-state index contributed by atoms with van der Waals surface area (Å²) < 4.78 is 8.02. The summed E-state index contributed by atoms with van der Waals surface area (Å²) in [7, 11) is 1.16. The van der Waals surface area contributed by atoms with E-state index in [1.165, 1.54) is 17.1 Å². The summed E-state index contributed by atoms with van der Waals surface area (Å²) in [6.45, 7) is 13.0. The Morgan fingerprint density at radius 3 is 2.58 bits per heavy atom. The predicted molar refractivity (Wildman–Crippen MR) is 104 cm³/mol. The van der Waals surface area contributed by atoms with E-state index in [0.717, 1.165) is 38.4 Å². The lowest BCUT2D eigenvalue weighted by Crippen LogP contribution is -2.44. The van der Waals surface area contributed by atoms with Gasteiger partial charge in [-0.25, -0.2) is 4.98 Å². The molecule has 1 saturated heterocycles. The maximum Gasteiger partial charge on any atom is 0.143 e. The van der Waals surface area contributed by atoms with Crippen LogP contribution in [0.5, 0.6) is 0 Å². The van der Waals surface area contributed by atoms with Crippen LogP contribution in [-0.2, 0) is 11.5 Å². The molecule has 1 fully saturated rings. The molecule has 6 heteroatoms. The number of hydrogen-bond acceptors (Lipinski definition) is 4. The highest BCUT2D eigenvalue weighted by Gasteiger charge is 2.18. The molecule has 0 N–H and O–H groups in total. The van der Waals surface area contributed by atoms with Gasteiger partial charge >= 0.3 is 0 Å². The number of piperazine rings is 1. The Balaban J connectivity index is 1.70. The van der Waals surface area contributed by atoms with Crippen molar-refractivity contribution in [3.63, 3.8) is 0 Å². The molecule has 0 aromatic carbocycles. The number of anilines is 1. The van der Waals surface area contributed by atoms with Gasteiger partial charge in [-0.2, -0.15) is 0 Å². The van der Waals surface area contributed by atoms with E-state index in [1.807, 2.05) is 6.20 Å². The lowest BCUT2D eigenvalue weighted by molar-refractivity contribution is 0.0899. The summed E-state index contributed by atoms with van der Waals surface area (Å²) in [5.74, 6) is 0. The van der Waals surface area contributed by atoms with Crippen LogP contribution in [0.25, 0.3) is 11.0 Å². The van der Waals surface area contributed by atoms with Gasteiger partial charge < -0.3 is 19.1 Å². The minimum Gasteiger partial charge on any atom is -0.368 e. The fourth-order valence-corrected chi connectivity index (χ4v) is 3.80. The third-order valence-electron chi connectivity index (χ3n) is 4.71. The van der Waals surface area contributed by atoms with Crippen LogP contribution < -0.4 is 4.90 Å². The van der Waals surface area contributed by atoms with Crippen LogP contribution in [-0.4, -0.2) is 62.4 Å². The predicted octanol–water partition coefficient (Wildman–Crippen LogP) is 3.10. The molecular weight excluding hydrogens is 316 g/mol. The molecule has 0 spiro atoms. The van der Waals surface area contributed by atoms with Gasteiger partial charge in [0.05, 0.1) is 0 Å². The molecule has 0 unspecified atom stereocenters. The van der Waals surface area contributed by atoms with Crippen molar-refractivity contribution in [1.29, 1.82) is 0 Å². The second-order valence-corrected chi connectivity index (χ2v) is 13.6. The average molecular weight is 347 g/mol. The zero-order chi connectivity index (χ0) is 17.2. The molecular formula is C18H30N4OSi. The van der Waals surface area contributed by atoms with Crippen molar-refractivity contribution in [3.8, 4) is 0 Å². The Kier molecular flexibility index (Phi) is 5.27. The fraction of sp³-hybridized carbons (Fsp3) is 0.611. The highest BCUT2D eigenvalue weighted by Crippen LogP contribution is 2.27. The molecule has 132 valence electrons. The molecule has 24 heavy (non-hydrogen) atoms. The molecule has 2 aromatic rings. The first-order chi connectivity index (χ1) is 11.4. The third kappa shape index (κ3) is 4.17. The van der Waals surface area contributed by atoms with Crippen LogP contribution in [0.2, 0.25) is 25.7 Å². The van der Waals surface area contributed by atoms with Crippen molar-refractivity contribution in [2.75, 3.05) is 44.7 Å². The molecule has 2 aromatic heterocycles. The lowest BCUT2D eigenvalue weighted by atomic mass is 10.2. The molecule has 0 atom stereocenters. The molecule has 0 amide bonds. The highest BCUT2D eigenvalue weighted by atomic mass is 28.3. The van der Waals surface area contributed by atoms with Gasteiger partial charge in [0.25, 0.3) is 0 Å². The molecule has 3 heterocycles. The molecule has 0 radical (unpaired) electrons. The van der Waals surface area contributed by atoms with Crippen LogP contribution in [0.1, 0.15) is 0 Å². The summed E-state index contributed by atoms with van der Waals surface area (Å²) >= 11 is 0. The molecule has 1 aliphatic rings. The van der Waals surface area contributed by atoms with E-state index < -0.39 is 8.07 Å². The Labute approximate surface area is 146 Å². The highest BCUT2D eigenvalue weighted by molar-refractivity contribution is 6.76. The fourth-order valence-electron chi connectivity index (χ4n) is 3.04. The van der Waals surface area contributed by atoms with E-state index in [-0.39, 0.29) is 0 Å². The average Bonchev–Trinajstić information content (AvgIpc) is 2.95. The van der Waals surface area contributed by atoms with Crippen LogP contribution in [0, 0.1) is 0 Å². The van der Waals surface area contributed by atoms with Gasteiger partial charge in [-0.1, -0.05) is 19.6 Å². The number of nitrogens with zero attached hydrogens (tertiary/aromatic N) is 4. The first-order valence-corrected chi connectivity index (χ1v) is 12.6. The maximum atomic E-state index is 5.90. The molecule has 5 nitrogen and oxygen atoms in total. The number of pyridine rings is 1. The molecule has 0 bridgehead atoms. The SMILES string of the molecule is CN1CCN(c2ccnc3c2ccn3COCC[Si](C)(C)C)CC1. The zero-order valence-corrected chi connectivity index (χ0v) is 16.5. The smallest absolute Gasteiger partial charge is 0.143 e. The molecule has 0 aliphatic carbocycles. The standard InChI is InChI=1S/C18H30N4OSi/c1-20-9-11-21(12-10-20)17-5-7-19-18-16(17)6-8-22(18)15-23-13-14-24(2,3)4/h5-8H,9-15H2,1-4H3. The first kappa shape index (κ1) is 17.4. The zero-order valence-electron chi connectivity index (χ0n) is 15.5. The van der Waals surface area contributed by atoms with E-state index >= 15 is 0 Å². The van der Waals surface area contributed by atoms with Gasteiger partial charge in [-0.3, -0.25) is 0 Å². The summed E-state index contributed by atoms with van der Waals surface area (Å²) in [4.78, 5) is 9.45. The number of rotatable bonds is 6. The van der Waals surface area contributed by atoms with Crippen LogP contribution in [0.4, 0.5) is 5.69 Å². The topological polar surface area (TPSA) is 33.5 Å². The number of ether oxygens (including phenoxy) is 1. The van der Waals surface area contributed by atoms with E-state index in [1.54, 1.807) is 0 Å². The largest absolute Gasteiger partial charge is 0.368 e. The molecule has 1 aliphatic heterocycles. The maximum absolute atomic E-state index is 5.90. The van der Waals surface area contributed by atoms with E-state index in [4.69, 9.17) is 4.74 Å². The number of aromatic nitrogens is 2. The quantitative estimate of drug-likeness (QED) is 0.594. The van der Waals surface area contributed by atoms with E-state index in [2.05, 4.69) is 64.4 Å². The normalized spacial score (nSPS) is 16.9. The number of likely N-dealkylation sites (N-methyl/N-ethyl adjacent to an activating group) is 1. The van der Waals surface area contributed by atoms with Gasteiger partial charge in [0, 0.05) is 64.3 Å². The third-order valence-corrected chi connectivity index (χ3v) is 6.41. The van der Waals surface area contributed by atoms with Crippen molar-refractivity contribution >= 4 is 24.8 Å². The van der Waals surface area contributed by atoms with Crippen molar-refractivity contribution in [2.24, 2.45) is 0 Å². The van der Waals surface area contributed by atoms with E-state index in [9.17, 15) is 0 Å². The summed E-state index contributed by atoms with van der Waals surface area (Å²) in [6.07, 6.45) is 4.03. The first-order valence-electron chi connectivity index (χ1n) is 8.89. The van der Waals surface area contributed by atoms with Crippen LogP contribution in [0.15, 0.2) is 24.5 Å². The van der Waals surface area contributed by atoms with Gasteiger partial charge in [0.2, 0.25) is 0 Å². The molecule has 3 rings (SSSR count). The number of fused-ring (bicyclic) bond motifs is 1. The number of hydrogen-bond donors (Lipinski definition) is 0. The van der Waals surface area contributed by atoms with Gasteiger partial charge in [-0.15, -0.1) is 0 Å². The monoisotopic (exact) mass is 346 g/mol. The van der Waals surface area contributed by atoms with Crippen molar-refractivity contribution in [2.45, 2.75) is 32.4 Å². The van der Waals surface area contributed by atoms with Gasteiger partial charge in [0.1, 0.15) is 12.4 Å². The van der Waals surface area contributed by atoms with Crippen LogP contribution >= 0.6 is 0 Å². The second kappa shape index (κ2) is 7.25. The van der Waals surface area contributed by atoms with Crippen molar-refractivity contribution in [3.05, 3.63) is 24.5 Å². The Morgan fingerprint density at radius 1 is 1.12 bits per heavy atom. The summed E-state index contributed by atoms with van der Waals surface area (Å²) in [5, 5.41) is 1.23. The minimum atomic E-state index is -1.03. The summed E-state index contributed by atoms with van der Waals surface area (Å²) in [6, 6.07) is 5.52. The minimum absolute atomic E-state index is 0.590. The summed E-state index contributed by atoms with van der Waals surface area (Å²) in [5.41, 5.74) is 2.33. The van der Waals surface area contributed by atoms with Crippen molar-refractivity contribution in [1.82, 2.24) is 14.5 Å². The Hall–Kier alpha value is -1.37.